The van der Waals surface area contributed by atoms with Gasteiger partial charge in [-0.2, -0.15) is 0 Å². The highest BCUT2D eigenvalue weighted by Gasteiger charge is 2.12. The molecule has 0 bridgehead atoms. The molecule has 0 atom stereocenters. The number of hydrogen-bond acceptors (Lipinski definition) is 3. The second-order valence-corrected chi connectivity index (χ2v) is 4.26. The number of ether oxygens (including phenoxy) is 1. The number of carbonyl (C=O) groups is 1. The number of nitrogens with one attached hydrogen (secondary N) is 1. The first-order valence-electron chi connectivity index (χ1n) is 6.30. The van der Waals surface area contributed by atoms with Crippen molar-refractivity contribution in [1.29, 1.82) is 0 Å². The van der Waals surface area contributed by atoms with Gasteiger partial charge in [-0.15, -0.1) is 0 Å². The summed E-state index contributed by atoms with van der Waals surface area (Å²) in [6.07, 6.45) is 0. The van der Waals surface area contributed by atoms with Crippen molar-refractivity contribution < 1.29 is 18.3 Å². The summed E-state index contributed by atoms with van der Waals surface area (Å²) in [7, 11) is 0. The number of halogens is 2. The standard InChI is InChI=1S/C15H14F2N2O2/c1-2-21-14-8-10(16)4-6-13(14)19-15(20)9-3-5-12(18)11(17)7-9/h3-8H,2,18H2,1H3,(H,19,20). The zero-order chi connectivity index (χ0) is 15.4. The lowest BCUT2D eigenvalue weighted by Crippen LogP contribution is -2.13. The number of anilines is 2. The predicted octanol–water partition coefficient (Wildman–Crippen LogP) is 3.20. The van der Waals surface area contributed by atoms with Gasteiger partial charge in [-0.1, -0.05) is 0 Å². The summed E-state index contributed by atoms with van der Waals surface area (Å²) in [6, 6.07) is 7.49. The Morgan fingerprint density at radius 3 is 2.67 bits per heavy atom. The van der Waals surface area contributed by atoms with Crippen LogP contribution in [0.4, 0.5) is 20.2 Å². The summed E-state index contributed by atoms with van der Waals surface area (Å²) >= 11 is 0. The van der Waals surface area contributed by atoms with Crippen molar-refractivity contribution in [3.8, 4) is 5.75 Å². The molecule has 3 N–H and O–H groups in total. The maximum atomic E-state index is 13.4. The summed E-state index contributed by atoms with van der Waals surface area (Å²) in [6.45, 7) is 2.06. The normalized spacial score (nSPS) is 10.2. The van der Waals surface area contributed by atoms with E-state index in [0.29, 0.717) is 12.3 Å². The van der Waals surface area contributed by atoms with Gasteiger partial charge in [0.05, 0.1) is 18.0 Å². The lowest BCUT2D eigenvalue weighted by atomic mass is 10.1. The molecule has 0 aliphatic heterocycles. The molecule has 110 valence electrons. The van der Waals surface area contributed by atoms with E-state index in [1.807, 2.05) is 0 Å². The molecule has 0 saturated heterocycles. The van der Waals surface area contributed by atoms with Gasteiger partial charge in [0.2, 0.25) is 0 Å². The van der Waals surface area contributed by atoms with Gasteiger partial charge in [-0.3, -0.25) is 4.79 Å². The number of nitrogen functional groups attached to an aromatic ring is 1. The van der Waals surface area contributed by atoms with Crippen LogP contribution in [0.2, 0.25) is 0 Å². The minimum atomic E-state index is -0.674. The van der Waals surface area contributed by atoms with Gasteiger partial charge in [0, 0.05) is 11.6 Å². The molecule has 2 rings (SSSR count). The van der Waals surface area contributed by atoms with Crippen molar-refractivity contribution in [3.63, 3.8) is 0 Å². The molecule has 0 spiro atoms. The minimum Gasteiger partial charge on any atom is -0.492 e. The van der Waals surface area contributed by atoms with Crippen LogP contribution in [0.15, 0.2) is 36.4 Å². The lowest BCUT2D eigenvalue weighted by Gasteiger charge is -2.11. The van der Waals surface area contributed by atoms with Crippen LogP contribution >= 0.6 is 0 Å². The first-order valence-corrected chi connectivity index (χ1v) is 6.30. The number of benzene rings is 2. The second-order valence-electron chi connectivity index (χ2n) is 4.26. The summed E-state index contributed by atoms with van der Waals surface area (Å²) in [4.78, 5) is 12.1. The Morgan fingerprint density at radius 2 is 2.00 bits per heavy atom. The zero-order valence-corrected chi connectivity index (χ0v) is 11.3. The molecule has 0 saturated carbocycles. The van der Waals surface area contributed by atoms with E-state index >= 15 is 0 Å². The van der Waals surface area contributed by atoms with Crippen molar-refractivity contribution >= 4 is 17.3 Å². The molecule has 21 heavy (non-hydrogen) atoms. The summed E-state index contributed by atoms with van der Waals surface area (Å²) in [5, 5.41) is 2.55. The molecule has 4 nitrogen and oxygen atoms in total. The zero-order valence-electron chi connectivity index (χ0n) is 11.3. The smallest absolute Gasteiger partial charge is 0.255 e. The monoisotopic (exact) mass is 292 g/mol. The van der Waals surface area contributed by atoms with Crippen LogP contribution in [0.5, 0.6) is 5.75 Å². The Bertz CT molecular complexity index is 675. The van der Waals surface area contributed by atoms with Crippen LogP contribution < -0.4 is 15.8 Å². The third-order valence-electron chi connectivity index (χ3n) is 2.75. The van der Waals surface area contributed by atoms with Crippen molar-refractivity contribution in [2.24, 2.45) is 0 Å². The Hall–Kier alpha value is -2.63. The third kappa shape index (κ3) is 3.47. The van der Waals surface area contributed by atoms with E-state index in [-0.39, 0.29) is 17.0 Å². The molecular weight excluding hydrogens is 278 g/mol. The van der Waals surface area contributed by atoms with E-state index in [1.54, 1.807) is 6.92 Å². The van der Waals surface area contributed by atoms with Gasteiger partial charge < -0.3 is 15.8 Å². The molecule has 2 aromatic carbocycles. The Morgan fingerprint density at radius 1 is 1.24 bits per heavy atom. The van der Waals surface area contributed by atoms with E-state index in [2.05, 4.69) is 5.32 Å². The maximum absolute atomic E-state index is 13.4. The summed E-state index contributed by atoms with van der Waals surface area (Å²) < 4.78 is 31.8. The van der Waals surface area contributed by atoms with E-state index in [1.165, 1.54) is 30.3 Å². The molecule has 0 aliphatic rings. The van der Waals surface area contributed by atoms with E-state index in [9.17, 15) is 13.6 Å². The van der Waals surface area contributed by atoms with Crippen LogP contribution in [0.25, 0.3) is 0 Å². The first-order chi connectivity index (χ1) is 10.0. The second kappa shape index (κ2) is 6.21. The first kappa shape index (κ1) is 14.8. The average Bonchev–Trinajstić information content (AvgIpc) is 2.45. The van der Waals surface area contributed by atoms with Crippen molar-refractivity contribution in [1.82, 2.24) is 0 Å². The van der Waals surface area contributed by atoms with Crippen molar-refractivity contribution in [2.45, 2.75) is 6.92 Å². The lowest BCUT2D eigenvalue weighted by molar-refractivity contribution is 0.102. The third-order valence-corrected chi connectivity index (χ3v) is 2.75. The molecule has 0 fully saturated rings. The van der Waals surface area contributed by atoms with Gasteiger partial charge >= 0.3 is 0 Å². The number of amides is 1. The Labute approximate surface area is 120 Å². The fourth-order valence-corrected chi connectivity index (χ4v) is 1.74. The molecule has 1 amide bonds. The highest BCUT2D eigenvalue weighted by atomic mass is 19.1. The molecular formula is C15H14F2N2O2. The Balaban J connectivity index is 2.24. The van der Waals surface area contributed by atoms with Gasteiger partial charge in [0.15, 0.2) is 0 Å². The molecule has 0 aliphatic carbocycles. The molecule has 2 aromatic rings. The SMILES string of the molecule is CCOc1cc(F)ccc1NC(=O)c1ccc(N)c(F)c1. The maximum Gasteiger partial charge on any atom is 0.255 e. The van der Waals surface area contributed by atoms with Gasteiger partial charge in [-0.25, -0.2) is 8.78 Å². The predicted molar refractivity (Wildman–Crippen MR) is 76.3 cm³/mol. The fraction of sp³-hybridized carbons (Fsp3) is 0.133. The number of carbonyl (C=O) groups excluding carboxylic acids is 1. The van der Waals surface area contributed by atoms with E-state index in [0.717, 1.165) is 6.07 Å². The van der Waals surface area contributed by atoms with Crippen LogP contribution in [-0.2, 0) is 0 Å². The van der Waals surface area contributed by atoms with Crippen LogP contribution in [0.3, 0.4) is 0 Å². The Kier molecular flexibility index (Phi) is 4.37. The largest absolute Gasteiger partial charge is 0.492 e. The topological polar surface area (TPSA) is 64.3 Å². The van der Waals surface area contributed by atoms with Crippen molar-refractivity contribution in [3.05, 3.63) is 53.6 Å². The molecule has 6 heteroatoms. The van der Waals surface area contributed by atoms with E-state index < -0.39 is 17.5 Å². The highest BCUT2D eigenvalue weighted by molar-refractivity contribution is 6.05. The minimum absolute atomic E-state index is 0.0386. The molecule has 0 radical (unpaired) electrons. The quantitative estimate of drug-likeness (QED) is 0.851. The molecule has 0 aromatic heterocycles. The van der Waals surface area contributed by atoms with E-state index in [4.69, 9.17) is 10.5 Å². The highest BCUT2D eigenvalue weighted by Crippen LogP contribution is 2.26. The summed E-state index contributed by atoms with van der Waals surface area (Å²) in [5.41, 5.74) is 5.73. The van der Waals surface area contributed by atoms with Crippen LogP contribution in [0, 0.1) is 11.6 Å². The average molecular weight is 292 g/mol. The fourth-order valence-electron chi connectivity index (χ4n) is 1.74. The molecule has 0 unspecified atom stereocenters. The van der Waals surface area contributed by atoms with Gasteiger partial charge in [-0.05, 0) is 37.3 Å². The summed E-state index contributed by atoms with van der Waals surface area (Å²) in [5.74, 6) is -1.48. The van der Waals surface area contributed by atoms with Gasteiger partial charge in [0.1, 0.15) is 17.4 Å². The van der Waals surface area contributed by atoms with Gasteiger partial charge in [0.25, 0.3) is 5.91 Å². The van der Waals surface area contributed by atoms with Crippen LogP contribution in [0.1, 0.15) is 17.3 Å². The van der Waals surface area contributed by atoms with Crippen LogP contribution in [-0.4, -0.2) is 12.5 Å². The number of rotatable bonds is 4. The molecule has 0 heterocycles. The number of nitrogens with two attached hydrogens (primary N) is 1. The van der Waals surface area contributed by atoms with Crippen molar-refractivity contribution in [2.75, 3.05) is 17.7 Å². The number of hydrogen-bond donors (Lipinski definition) is 2.